The zero-order chi connectivity index (χ0) is 22.9. The molecule has 4 rings (SSSR count). The summed E-state index contributed by atoms with van der Waals surface area (Å²) in [5, 5.41) is 3.33. The molecule has 0 radical (unpaired) electrons. The first-order valence-corrected chi connectivity index (χ1v) is 10.9. The Morgan fingerprint density at radius 2 is 1.84 bits per heavy atom. The van der Waals surface area contributed by atoms with Crippen LogP contribution in [0.2, 0.25) is 0 Å². The van der Waals surface area contributed by atoms with E-state index < -0.39 is 18.0 Å². The topological polar surface area (TPSA) is 94.1 Å². The summed E-state index contributed by atoms with van der Waals surface area (Å²) in [5.41, 5.74) is 3.30. The number of hydrogen-bond acceptors (Lipinski definition) is 6. The normalized spacial score (nSPS) is 16.8. The van der Waals surface area contributed by atoms with Crippen molar-refractivity contribution in [1.82, 2.24) is 15.0 Å². The van der Waals surface area contributed by atoms with Crippen LogP contribution in [0, 0.1) is 11.3 Å². The van der Waals surface area contributed by atoms with Crippen LogP contribution >= 0.6 is 0 Å². The van der Waals surface area contributed by atoms with Gasteiger partial charge in [0.2, 0.25) is 5.95 Å². The first kappa shape index (κ1) is 21.9. The maximum Gasteiger partial charge on any atom is 0.339 e. The summed E-state index contributed by atoms with van der Waals surface area (Å²) in [4.78, 5) is 38.7. The van der Waals surface area contributed by atoms with Gasteiger partial charge >= 0.3 is 5.97 Å². The Morgan fingerprint density at radius 1 is 1.12 bits per heavy atom. The van der Waals surface area contributed by atoms with Gasteiger partial charge in [0.05, 0.1) is 11.1 Å². The highest BCUT2D eigenvalue weighted by molar-refractivity contribution is 6.06. The molecule has 0 saturated heterocycles. The number of nitrogens with one attached hydrogen (secondary N) is 1. The van der Waals surface area contributed by atoms with Gasteiger partial charge in [0, 0.05) is 23.5 Å². The van der Waals surface area contributed by atoms with Crippen molar-refractivity contribution >= 4 is 28.7 Å². The average molecular weight is 433 g/mol. The molecule has 7 heteroatoms. The van der Waals surface area contributed by atoms with E-state index in [0.29, 0.717) is 11.5 Å². The Balaban J connectivity index is 1.65. The molecule has 1 aliphatic rings. The van der Waals surface area contributed by atoms with Crippen LogP contribution in [0.5, 0.6) is 0 Å². The number of hydrogen-bond donors (Lipinski definition) is 1. The number of rotatable bonds is 4. The number of anilines is 1. The van der Waals surface area contributed by atoms with Gasteiger partial charge in [0.15, 0.2) is 6.10 Å². The van der Waals surface area contributed by atoms with Crippen molar-refractivity contribution < 1.29 is 14.3 Å². The Morgan fingerprint density at radius 3 is 2.56 bits per heavy atom. The van der Waals surface area contributed by atoms with Crippen molar-refractivity contribution in [3.63, 3.8) is 0 Å². The second-order valence-corrected chi connectivity index (χ2v) is 9.34. The third-order valence-electron chi connectivity index (χ3n) is 6.14. The minimum absolute atomic E-state index is 0.118. The maximum absolute atomic E-state index is 13.4. The van der Waals surface area contributed by atoms with Crippen LogP contribution in [-0.2, 0) is 22.4 Å². The van der Waals surface area contributed by atoms with E-state index in [1.807, 2.05) is 24.3 Å². The smallest absolute Gasteiger partial charge is 0.339 e. The first-order chi connectivity index (χ1) is 15.2. The van der Waals surface area contributed by atoms with E-state index in [-0.39, 0.29) is 11.4 Å². The monoisotopic (exact) mass is 432 g/mol. The van der Waals surface area contributed by atoms with Crippen LogP contribution in [0.15, 0.2) is 42.7 Å². The quantitative estimate of drug-likeness (QED) is 0.616. The molecular weight excluding hydrogens is 404 g/mol. The van der Waals surface area contributed by atoms with Gasteiger partial charge in [-0.05, 0) is 55.2 Å². The molecule has 0 spiro atoms. The van der Waals surface area contributed by atoms with E-state index in [4.69, 9.17) is 9.72 Å². The molecule has 32 heavy (non-hydrogen) atoms. The number of nitrogens with zero attached hydrogens (tertiary/aromatic N) is 3. The number of carbonyl (C=O) groups is 2. The average Bonchev–Trinajstić information content (AvgIpc) is 2.76. The fourth-order valence-electron chi connectivity index (χ4n) is 4.21. The van der Waals surface area contributed by atoms with E-state index in [2.05, 4.69) is 36.1 Å². The number of amides is 1. The molecule has 2 atom stereocenters. The van der Waals surface area contributed by atoms with E-state index in [9.17, 15) is 9.59 Å². The van der Waals surface area contributed by atoms with Gasteiger partial charge in [-0.3, -0.25) is 15.1 Å². The summed E-state index contributed by atoms with van der Waals surface area (Å²) in [6, 6.07) is 9.25. The van der Waals surface area contributed by atoms with Crippen molar-refractivity contribution in [3.8, 4) is 0 Å². The molecule has 0 aliphatic heterocycles. The molecule has 0 bridgehead atoms. The highest BCUT2D eigenvalue weighted by Gasteiger charge is 2.33. The summed E-state index contributed by atoms with van der Waals surface area (Å²) in [5.74, 6) is -0.393. The van der Waals surface area contributed by atoms with E-state index in [1.54, 1.807) is 13.0 Å². The number of ether oxygens (including phenoxy) is 1. The third-order valence-corrected chi connectivity index (χ3v) is 6.14. The minimum atomic E-state index is -1.00. The molecule has 2 heterocycles. The highest BCUT2D eigenvalue weighted by atomic mass is 16.5. The molecule has 1 aliphatic carbocycles. The van der Waals surface area contributed by atoms with E-state index in [1.165, 1.54) is 12.4 Å². The van der Waals surface area contributed by atoms with Crippen molar-refractivity contribution in [3.05, 3.63) is 59.5 Å². The van der Waals surface area contributed by atoms with Gasteiger partial charge in [-0.25, -0.2) is 14.8 Å². The lowest BCUT2D eigenvalue weighted by Gasteiger charge is -2.35. The van der Waals surface area contributed by atoms with Crippen molar-refractivity contribution in [1.29, 1.82) is 0 Å². The number of fused-ring (bicyclic) bond motifs is 2. The molecule has 2 aromatic heterocycles. The lowest BCUT2D eigenvalue weighted by atomic mass is 9.70. The Labute approximate surface area is 187 Å². The number of para-hydroxylation sites is 1. The molecule has 7 nitrogen and oxygen atoms in total. The van der Waals surface area contributed by atoms with Crippen molar-refractivity contribution in [2.75, 3.05) is 5.32 Å². The van der Waals surface area contributed by atoms with Gasteiger partial charge in [-0.15, -0.1) is 0 Å². The van der Waals surface area contributed by atoms with Gasteiger partial charge in [0.1, 0.15) is 0 Å². The largest absolute Gasteiger partial charge is 0.449 e. The van der Waals surface area contributed by atoms with Crippen LogP contribution in [0.4, 0.5) is 5.95 Å². The van der Waals surface area contributed by atoms with Crippen LogP contribution < -0.4 is 5.32 Å². The van der Waals surface area contributed by atoms with Gasteiger partial charge in [-0.1, -0.05) is 39.0 Å². The lowest BCUT2D eigenvalue weighted by molar-refractivity contribution is -0.123. The first-order valence-electron chi connectivity index (χ1n) is 10.9. The molecule has 166 valence electrons. The number of aryl methyl sites for hydroxylation is 1. The fraction of sp³-hybridized carbons (Fsp3) is 0.400. The Hall–Kier alpha value is -3.35. The SMILES string of the molecule is CC(OC(=O)c1c2c(nc3ccccc13)CCC(C(C)(C)C)C2)C(=O)Nc1ncccn1. The second kappa shape index (κ2) is 8.65. The molecular formula is C25H28N4O3. The van der Waals surface area contributed by atoms with Crippen LogP contribution in [0.3, 0.4) is 0 Å². The zero-order valence-electron chi connectivity index (χ0n) is 18.9. The third kappa shape index (κ3) is 4.47. The summed E-state index contributed by atoms with van der Waals surface area (Å²) in [7, 11) is 0. The number of carbonyl (C=O) groups excluding carboxylic acids is 2. The lowest BCUT2D eigenvalue weighted by Crippen LogP contribution is -2.32. The summed E-state index contributed by atoms with van der Waals surface area (Å²) < 4.78 is 5.63. The standard InChI is InChI=1S/C25H28N4O3/c1-15(22(30)29-24-26-12-7-13-27-24)32-23(31)21-17-8-5-6-9-19(17)28-20-11-10-16(14-18(20)21)25(2,3)4/h5-9,12-13,15-16H,10-11,14H2,1-4H3,(H,26,27,29,30). The summed E-state index contributed by atoms with van der Waals surface area (Å²) in [6.45, 7) is 8.23. The predicted molar refractivity (Wildman–Crippen MR) is 122 cm³/mol. The molecule has 1 aromatic carbocycles. The van der Waals surface area contributed by atoms with Gasteiger partial charge in [0.25, 0.3) is 5.91 Å². The van der Waals surface area contributed by atoms with E-state index in [0.717, 1.165) is 41.4 Å². The number of aromatic nitrogens is 3. The number of esters is 1. The minimum Gasteiger partial charge on any atom is -0.449 e. The highest BCUT2D eigenvalue weighted by Crippen LogP contribution is 2.39. The molecule has 3 aromatic rings. The van der Waals surface area contributed by atoms with Crippen molar-refractivity contribution in [2.24, 2.45) is 11.3 Å². The van der Waals surface area contributed by atoms with Crippen LogP contribution in [-0.4, -0.2) is 32.9 Å². The van der Waals surface area contributed by atoms with Gasteiger partial charge < -0.3 is 4.74 Å². The van der Waals surface area contributed by atoms with Crippen LogP contribution in [0.1, 0.15) is 55.7 Å². The number of benzene rings is 1. The zero-order valence-corrected chi connectivity index (χ0v) is 18.9. The molecule has 1 amide bonds. The Kier molecular flexibility index (Phi) is 5.91. The van der Waals surface area contributed by atoms with Crippen molar-refractivity contribution in [2.45, 2.75) is 53.1 Å². The molecule has 0 fully saturated rings. The van der Waals surface area contributed by atoms with Gasteiger partial charge in [-0.2, -0.15) is 0 Å². The van der Waals surface area contributed by atoms with Crippen LogP contribution in [0.25, 0.3) is 10.9 Å². The maximum atomic E-state index is 13.4. The molecule has 2 unspecified atom stereocenters. The summed E-state index contributed by atoms with van der Waals surface area (Å²) in [6.07, 6.45) is 4.67. The summed E-state index contributed by atoms with van der Waals surface area (Å²) >= 11 is 0. The fourth-order valence-corrected chi connectivity index (χ4v) is 4.21. The number of pyridine rings is 1. The molecule has 1 N–H and O–H groups in total. The second-order valence-electron chi connectivity index (χ2n) is 9.34. The van der Waals surface area contributed by atoms with E-state index >= 15 is 0 Å². The molecule has 0 saturated carbocycles. The Bertz CT molecular complexity index is 1160. The predicted octanol–water partition coefficient (Wildman–Crippen LogP) is 4.36.